The summed E-state index contributed by atoms with van der Waals surface area (Å²) in [4.78, 5) is 0. The van der Waals surface area contributed by atoms with E-state index in [2.05, 4.69) is 29.8 Å². The lowest BCUT2D eigenvalue weighted by Gasteiger charge is -2.16. The van der Waals surface area contributed by atoms with Crippen molar-refractivity contribution in [3.63, 3.8) is 0 Å². The summed E-state index contributed by atoms with van der Waals surface area (Å²) in [6, 6.07) is 3.62. The first kappa shape index (κ1) is 14.3. The van der Waals surface area contributed by atoms with Gasteiger partial charge < -0.3 is 15.6 Å². The molecule has 0 bridgehead atoms. The van der Waals surface area contributed by atoms with Crippen LogP contribution in [0.5, 0.6) is 11.5 Å². The van der Waals surface area contributed by atoms with Crippen LogP contribution in [0.1, 0.15) is 38.3 Å². The lowest BCUT2D eigenvalue weighted by molar-refractivity contribution is 0.370. The molecule has 0 saturated carbocycles. The smallest absolute Gasteiger partial charge is 0.172 e. The van der Waals surface area contributed by atoms with Crippen molar-refractivity contribution in [1.29, 1.82) is 0 Å². The second-order valence-electron chi connectivity index (χ2n) is 4.63. The molecule has 1 aromatic carbocycles. The number of aromatic hydroxyl groups is 1. The summed E-state index contributed by atoms with van der Waals surface area (Å²) in [5.74, 6) is 1.21. The Morgan fingerprint density at radius 1 is 1.35 bits per heavy atom. The van der Waals surface area contributed by atoms with Crippen LogP contribution >= 0.6 is 15.9 Å². The third-order valence-corrected chi connectivity index (χ3v) is 3.36. The maximum absolute atomic E-state index is 9.71. The molecule has 0 aromatic heterocycles. The summed E-state index contributed by atoms with van der Waals surface area (Å²) >= 11 is 3.30. The van der Waals surface area contributed by atoms with Gasteiger partial charge in [-0.25, -0.2) is 0 Å². The van der Waals surface area contributed by atoms with Gasteiger partial charge in [-0.2, -0.15) is 0 Å². The number of phenolic OH excluding ortho intramolecular Hbond substituents is 1. The van der Waals surface area contributed by atoms with Gasteiger partial charge in [0.1, 0.15) is 0 Å². The Hall–Kier alpha value is -0.740. The van der Waals surface area contributed by atoms with Crippen LogP contribution in [0.4, 0.5) is 0 Å². The molecule has 0 saturated heterocycles. The van der Waals surface area contributed by atoms with Crippen molar-refractivity contribution in [2.45, 2.75) is 32.7 Å². The molecule has 3 N–H and O–H groups in total. The monoisotopic (exact) mass is 301 g/mol. The lowest BCUT2D eigenvalue weighted by Crippen LogP contribution is -2.11. The Morgan fingerprint density at radius 3 is 2.53 bits per heavy atom. The van der Waals surface area contributed by atoms with E-state index in [1.165, 1.54) is 7.11 Å². The van der Waals surface area contributed by atoms with E-state index in [1.54, 1.807) is 6.07 Å². The average molecular weight is 302 g/mol. The van der Waals surface area contributed by atoms with E-state index >= 15 is 0 Å². The molecule has 1 aromatic rings. The van der Waals surface area contributed by atoms with Crippen molar-refractivity contribution < 1.29 is 9.84 Å². The molecule has 96 valence electrons. The molecule has 0 aliphatic carbocycles. The molecular formula is C13H20BrNO2. The number of methoxy groups -OCH3 is 1. The number of rotatable bonds is 5. The minimum atomic E-state index is -0.0248. The minimum absolute atomic E-state index is 0.0248. The molecular weight excluding hydrogens is 282 g/mol. The maximum atomic E-state index is 9.71. The van der Waals surface area contributed by atoms with E-state index < -0.39 is 0 Å². The molecule has 0 spiro atoms. The number of hydrogen-bond acceptors (Lipinski definition) is 3. The second-order valence-corrected chi connectivity index (χ2v) is 5.49. The molecule has 0 radical (unpaired) electrons. The van der Waals surface area contributed by atoms with Crippen LogP contribution in [0.15, 0.2) is 16.6 Å². The summed E-state index contributed by atoms with van der Waals surface area (Å²) in [6.07, 6.45) is 2.01. The predicted molar refractivity (Wildman–Crippen MR) is 73.4 cm³/mol. The van der Waals surface area contributed by atoms with Crippen LogP contribution in [0.25, 0.3) is 0 Å². The Labute approximate surface area is 111 Å². The Morgan fingerprint density at radius 2 is 2.00 bits per heavy atom. The molecule has 17 heavy (non-hydrogen) atoms. The van der Waals surface area contributed by atoms with Crippen LogP contribution in [0.2, 0.25) is 0 Å². The minimum Gasteiger partial charge on any atom is -0.503 e. The second kappa shape index (κ2) is 6.26. The van der Waals surface area contributed by atoms with E-state index in [0.717, 1.165) is 18.4 Å². The molecule has 0 amide bonds. The molecule has 0 aliphatic rings. The van der Waals surface area contributed by atoms with E-state index in [9.17, 15) is 5.11 Å². The van der Waals surface area contributed by atoms with Gasteiger partial charge in [-0.15, -0.1) is 0 Å². The van der Waals surface area contributed by atoms with Gasteiger partial charge in [0.2, 0.25) is 0 Å². The SMILES string of the molecule is COc1cc([C@@H](N)CCC(C)C)cc(Br)c1O. The maximum Gasteiger partial charge on any atom is 0.172 e. The van der Waals surface area contributed by atoms with Gasteiger partial charge in [0.05, 0.1) is 11.6 Å². The van der Waals surface area contributed by atoms with Crippen LogP contribution in [-0.4, -0.2) is 12.2 Å². The highest BCUT2D eigenvalue weighted by atomic mass is 79.9. The van der Waals surface area contributed by atoms with Gasteiger partial charge in [-0.3, -0.25) is 0 Å². The van der Waals surface area contributed by atoms with Crippen molar-refractivity contribution in [1.82, 2.24) is 0 Å². The first-order valence-electron chi connectivity index (χ1n) is 5.77. The number of nitrogens with two attached hydrogens (primary N) is 1. The third-order valence-electron chi connectivity index (χ3n) is 2.75. The topological polar surface area (TPSA) is 55.5 Å². The Balaban J connectivity index is 2.87. The van der Waals surface area contributed by atoms with Crippen molar-refractivity contribution in [2.24, 2.45) is 11.7 Å². The molecule has 3 nitrogen and oxygen atoms in total. The van der Waals surface area contributed by atoms with E-state index in [1.807, 2.05) is 6.07 Å². The number of benzene rings is 1. The van der Waals surface area contributed by atoms with Crippen molar-refractivity contribution in [3.05, 3.63) is 22.2 Å². The standard InChI is InChI=1S/C13H20BrNO2/c1-8(2)4-5-11(15)9-6-10(14)13(16)12(7-9)17-3/h6-8,11,16H,4-5,15H2,1-3H3/t11-/m0/s1. The van der Waals surface area contributed by atoms with Crippen molar-refractivity contribution in [2.75, 3.05) is 7.11 Å². The van der Waals surface area contributed by atoms with Crippen LogP contribution in [0.3, 0.4) is 0 Å². The van der Waals surface area contributed by atoms with Crippen molar-refractivity contribution in [3.8, 4) is 11.5 Å². The van der Waals surface area contributed by atoms with Gasteiger partial charge in [0.15, 0.2) is 11.5 Å². The van der Waals surface area contributed by atoms with Crippen LogP contribution in [-0.2, 0) is 0 Å². The lowest BCUT2D eigenvalue weighted by atomic mass is 9.98. The van der Waals surface area contributed by atoms with Gasteiger partial charge in [0.25, 0.3) is 0 Å². The molecule has 0 heterocycles. The molecule has 1 atom stereocenters. The number of hydrogen-bond donors (Lipinski definition) is 2. The van der Waals surface area contributed by atoms with Gasteiger partial charge in [-0.05, 0) is 52.4 Å². The number of phenols is 1. The summed E-state index contributed by atoms with van der Waals surface area (Å²) in [5, 5.41) is 9.71. The quantitative estimate of drug-likeness (QED) is 0.873. The number of halogens is 1. The zero-order valence-electron chi connectivity index (χ0n) is 10.5. The van der Waals surface area contributed by atoms with Crippen LogP contribution < -0.4 is 10.5 Å². The van der Waals surface area contributed by atoms with Crippen molar-refractivity contribution >= 4 is 15.9 Å². The van der Waals surface area contributed by atoms with E-state index in [-0.39, 0.29) is 11.8 Å². The molecule has 0 fully saturated rings. The van der Waals surface area contributed by atoms with E-state index in [4.69, 9.17) is 10.5 Å². The highest BCUT2D eigenvalue weighted by Gasteiger charge is 2.13. The predicted octanol–water partition coefficient (Wildman–Crippen LogP) is 3.60. The first-order chi connectivity index (χ1) is 7.95. The van der Waals surface area contributed by atoms with Gasteiger partial charge in [0, 0.05) is 6.04 Å². The normalized spacial score (nSPS) is 12.8. The highest BCUT2D eigenvalue weighted by molar-refractivity contribution is 9.10. The largest absolute Gasteiger partial charge is 0.503 e. The Bertz CT molecular complexity index is 380. The fourth-order valence-electron chi connectivity index (χ4n) is 1.64. The Kier molecular flexibility index (Phi) is 5.28. The van der Waals surface area contributed by atoms with Gasteiger partial charge >= 0.3 is 0 Å². The number of ether oxygens (including phenoxy) is 1. The molecule has 4 heteroatoms. The third kappa shape index (κ3) is 3.89. The molecule has 0 unspecified atom stereocenters. The molecule has 1 rings (SSSR count). The van der Waals surface area contributed by atoms with Crippen LogP contribution in [0, 0.1) is 5.92 Å². The summed E-state index contributed by atoms with van der Waals surface area (Å²) in [7, 11) is 1.53. The summed E-state index contributed by atoms with van der Waals surface area (Å²) in [6.45, 7) is 4.36. The van der Waals surface area contributed by atoms with Gasteiger partial charge in [-0.1, -0.05) is 13.8 Å². The zero-order chi connectivity index (χ0) is 13.0. The fraction of sp³-hybridized carbons (Fsp3) is 0.538. The fourth-order valence-corrected chi connectivity index (χ4v) is 2.10. The average Bonchev–Trinajstić information content (AvgIpc) is 2.29. The van der Waals surface area contributed by atoms with E-state index in [0.29, 0.717) is 16.1 Å². The summed E-state index contributed by atoms with van der Waals surface area (Å²) in [5.41, 5.74) is 7.11. The summed E-state index contributed by atoms with van der Waals surface area (Å²) < 4.78 is 5.72. The first-order valence-corrected chi connectivity index (χ1v) is 6.57. The zero-order valence-corrected chi connectivity index (χ0v) is 12.1. The highest BCUT2D eigenvalue weighted by Crippen LogP contribution is 2.37. The molecule has 0 aliphatic heterocycles.